The van der Waals surface area contributed by atoms with Crippen molar-refractivity contribution in [3.63, 3.8) is 0 Å². The molecule has 2 N–H and O–H groups in total. The van der Waals surface area contributed by atoms with E-state index in [-0.39, 0.29) is 24.4 Å². The van der Waals surface area contributed by atoms with Crippen molar-refractivity contribution in [2.24, 2.45) is 5.73 Å². The number of nitrogens with zero attached hydrogens (tertiary/aromatic N) is 1. The summed E-state index contributed by atoms with van der Waals surface area (Å²) in [4.78, 5) is 14.2. The van der Waals surface area contributed by atoms with E-state index in [1.807, 2.05) is 0 Å². The largest absolute Gasteiger partial charge is 0.334 e. The average Bonchev–Trinajstić information content (AvgIpc) is 2.40. The van der Waals surface area contributed by atoms with Crippen LogP contribution in [0.2, 0.25) is 0 Å². The zero-order chi connectivity index (χ0) is 13.1. The summed E-state index contributed by atoms with van der Waals surface area (Å²) >= 11 is 3.29. The Balaban J connectivity index is 0.00000180. The Kier molecular flexibility index (Phi) is 6.23. The molecule has 1 amide bonds. The number of carbonyl (C=O) groups excluding carboxylic acids is 1. The minimum atomic E-state index is -0.400. The molecule has 1 saturated heterocycles. The second-order valence-corrected chi connectivity index (χ2v) is 5.36. The third-order valence-electron chi connectivity index (χ3n) is 3.32. The zero-order valence-electron chi connectivity index (χ0n) is 10.4. The molecule has 0 bridgehead atoms. The summed E-state index contributed by atoms with van der Waals surface area (Å²) in [6, 6.07) is 4.23. The van der Waals surface area contributed by atoms with Gasteiger partial charge in [0.2, 0.25) is 0 Å². The van der Waals surface area contributed by atoms with Gasteiger partial charge in [0.1, 0.15) is 5.82 Å². The number of halogens is 3. The Morgan fingerprint density at radius 2 is 2.21 bits per heavy atom. The molecule has 1 aliphatic rings. The molecule has 1 aliphatic heterocycles. The number of carbonyl (C=O) groups is 1. The quantitative estimate of drug-likeness (QED) is 0.890. The highest BCUT2D eigenvalue weighted by atomic mass is 79.9. The van der Waals surface area contributed by atoms with Crippen molar-refractivity contribution in [2.45, 2.75) is 25.3 Å². The Morgan fingerprint density at radius 3 is 2.89 bits per heavy atom. The summed E-state index contributed by atoms with van der Waals surface area (Å²) in [6.45, 7) is 1.16. The van der Waals surface area contributed by atoms with E-state index in [4.69, 9.17) is 5.73 Å². The summed E-state index contributed by atoms with van der Waals surface area (Å²) in [7, 11) is 0. The number of amides is 1. The number of benzene rings is 1. The van der Waals surface area contributed by atoms with Crippen LogP contribution in [0, 0.1) is 5.82 Å². The van der Waals surface area contributed by atoms with Gasteiger partial charge in [-0.2, -0.15) is 0 Å². The van der Waals surface area contributed by atoms with Gasteiger partial charge in [-0.1, -0.05) is 0 Å². The first kappa shape index (κ1) is 16.4. The topological polar surface area (TPSA) is 46.3 Å². The van der Waals surface area contributed by atoms with Gasteiger partial charge in [0, 0.05) is 23.6 Å². The molecule has 0 radical (unpaired) electrons. The SMILES string of the molecule is Cl.NCC1CCCCN1C(=O)c1cc(F)ccc1Br. The first-order valence-electron chi connectivity index (χ1n) is 6.09. The van der Waals surface area contributed by atoms with E-state index in [0.717, 1.165) is 19.3 Å². The summed E-state index contributed by atoms with van der Waals surface area (Å²) in [5, 5.41) is 0. The van der Waals surface area contributed by atoms with Gasteiger partial charge in [-0.25, -0.2) is 4.39 Å². The van der Waals surface area contributed by atoms with Crippen LogP contribution in [0.15, 0.2) is 22.7 Å². The van der Waals surface area contributed by atoms with Crippen LogP contribution in [-0.2, 0) is 0 Å². The number of nitrogens with two attached hydrogens (primary N) is 1. The molecule has 1 unspecified atom stereocenters. The standard InChI is InChI=1S/C13H16BrFN2O.ClH/c14-12-5-4-9(15)7-11(12)13(18)17-6-2-1-3-10(17)8-16;/h4-5,7,10H,1-3,6,8,16H2;1H. The Morgan fingerprint density at radius 1 is 1.47 bits per heavy atom. The van der Waals surface area contributed by atoms with Crippen LogP contribution < -0.4 is 5.73 Å². The molecule has 0 aromatic heterocycles. The lowest BCUT2D eigenvalue weighted by Crippen LogP contribution is -2.47. The van der Waals surface area contributed by atoms with Gasteiger partial charge < -0.3 is 10.6 Å². The Hall–Kier alpha value is -0.650. The molecular formula is C13H17BrClFN2O. The minimum Gasteiger partial charge on any atom is -0.334 e. The lowest BCUT2D eigenvalue weighted by Gasteiger charge is -2.35. The van der Waals surface area contributed by atoms with Gasteiger partial charge in [-0.15, -0.1) is 12.4 Å². The highest BCUT2D eigenvalue weighted by molar-refractivity contribution is 9.10. The van der Waals surface area contributed by atoms with E-state index in [0.29, 0.717) is 23.1 Å². The fraction of sp³-hybridized carbons (Fsp3) is 0.462. The maximum atomic E-state index is 13.2. The van der Waals surface area contributed by atoms with Crippen molar-refractivity contribution < 1.29 is 9.18 Å². The first-order valence-corrected chi connectivity index (χ1v) is 6.89. The summed E-state index contributed by atoms with van der Waals surface area (Å²) < 4.78 is 13.9. The van der Waals surface area contributed by atoms with Gasteiger partial charge >= 0.3 is 0 Å². The van der Waals surface area contributed by atoms with Crippen molar-refractivity contribution in [3.05, 3.63) is 34.1 Å². The lowest BCUT2D eigenvalue weighted by atomic mass is 10.0. The van der Waals surface area contributed by atoms with Crippen LogP contribution in [0.1, 0.15) is 29.6 Å². The van der Waals surface area contributed by atoms with E-state index in [1.165, 1.54) is 12.1 Å². The maximum absolute atomic E-state index is 13.2. The first-order chi connectivity index (χ1) is 8.63. The predicted octanol–water partition coefficient (Wildman–Crippen LogP) is 2.96. The summed E-state index contributed by atoms with van der Waals surface area (Å²) in [5.74, 6) is -0.542. The molecule has 6 heteroatoms. The van der Waals surface area contributed by atoms with E-state index in [1.54, 1.807) is 11.0 Å². The fourth-order valence-electron chi connectivity index (χ4n) is 2.33. The molecule has 1 heterocycles. The van der Waals surface area contributed by atoms with Crippen LogP contribution in [0.4, 0.5) is 4.39 Å². The van der Waals surface area contributed by atoms with Crippen molar-refractivity contribution >= 4 is 34.2 Å². The van der Waals surface area contributed by atoms with Crippen molar-refractivity contribution in [1.82, 2.24) is 4.90 Å². The number of piperidine rings is 1. The van der Waals surface area contributed by atoms with Gasteiger partial charge in [0.15, 0.2) is 0 Å². The Bertz CT molecular complexity index is 458. The number of rotatable bonds is 2. The molecule has 1 aromatic rings. The van der Waals surface area contributed by atoms with E-state index in [2.05, 4.69) is 15.9 Å². The molecule has 1 fully saturated rings. The molecule has 3 nitrogen and oxygen atoms in total. The summed E-state index contributed by atoms with van der Waals surface area (Å²) in [6.07, 6.45) is 3.00. The van der Waals surface area contributed by atoms with Crippen LogP contribution in [0.25, 0.3) is 0 Å². The molecule has 106 valence electrons. The normalized spacial score (nSPS) is 18.9. The second-order valence-electron chi connectivity index (χ2n) is 4.51. The highest BCUT2D eigenvalue weighted by Gasteiger charge is 2.27. The molecule has 1 aromatic carbocycles. The fourth-order valence-corrected chi connectivity index (χ4v) is 2.75. The summed E-state index contributed by atoms with van der Waals surface area (Å²) in [5.41, 5.74) is 6.07. The van der Waals surface area contributed by atoms with Crippen molar-refractivity contribution in [2.75, 3.05) is 13.1 Å². The number of hydrogen-bond donors (Lipinski definition) is 1. The van der Waals surface area contributed by atoms with E-state index in [9.17, 15) is 9.18 Å². The van der Waals surface area contributed by atoms with Gasteiger partial charge in [-0.05, 0) is 53.4 Å². The third-order valence-corrected chi connectivity index (χ3v) is 4.01. The third kappa shape index (κ3) is 3.68. The van der Waals surface area contributed by atoms with Crippen LogP contribution in [0.5, 0.6) is 0 Å². The number of likely N-dealkylation sites (tertiary alicyclic amines) is 1. The average molecular weight is 352 g/mol. The second kappa shape index (κ2) is 7.22. The molecule has 2 rings (SSSR count). The highest BCUT2D eigenvalue weighted by Crippen LogP contribution is 2.24. The minimum absolute atomic E-state index is 0. The maximum Gasteiger partial charge on any atom is 0.255 e. The van der Waals surface area contributed by atoms with Crippen molar-refractivity contribution in [1.29, 1.82) is 0 Å². The smallest absolute Gasteiger partial charge is 0.255 e. The molecule has 19 heavy (non-hydrogen) atoms. The van der Waals surface area contributed by atoms with Crippen LogP contribution >= 0.6 is 28.3 Å². The van der Waals surface area contributed by atoms with Gasteiger partial charge in [0.05, 0.1) is 5.56 Å². The molecule has 0 saturated carbocycles. The molecule has 1 atom stereocenters. The van der Waals surface area contributed by atoms with Gasteiger partial charge in [0.25, 0.3) is 5.91 Å². The van der Waals surface area contributed by atoms with E-state index < -0.39 is 5.82 Å². The van der Waals surface area contributed by atoms with E-state index >= 15 is 0 Å². The molecule has 0 spiro atoms. The van der Waals surface area contributed by atoms with Gasteiger partial charge in [-0.3, -0.25) is 4.79 Å². The zero-order valence-corrected chi connectivity index (χ0v) is 12.8. The molecular weight excluding hydrogens is 335 g/mol. The lowest BCUT2D eigenvalue weighted by molar-refractivity contribution is 0.0622. The van der Waals surface area contributed by atoms with Crippen LogP contribution in [0.3, 0.4) is 0 Å². The van der Waals surface area contributed by atoms with Crippen LogP contribution in [-0.4, -0.2) is 29.9 Å². The number of hydrogen-bond acceptors (Lipinski definition) is 2. The predicted molar refractivity (Wildman–Crippen MR) is 79.1 cm³/mol. The monoisotopic (exact) mass is 350 g/mol. The molecule has 0 aliphatic carbocycles. The Labute approximate surface area is 126 Å². The van der Waals surface area contributed by atoms with Crippen molar-refractivity contribution in [3.8, 4) is 0 Å².